The van der Waals surface area contributed by atoms with Gasteiger partial charge in [-0.05, 0) is 64.4 Å². The number of nitrogens with one attached hydrogen (secondary N) is 1. The largest absolute Gasteiger partial charge is 0.271 e. The quantitative estimate of drug-likeness (QED) is 0.450. The third-order valence-corrected chi connectivity index (χ3v) is 4.37. The van der Waals surface area contributed by atoms with Crippen molar-refractivity contribution >= 4 is 45.8 Å². The van der Waals surface area contributed by atoms with E-state index in [4.69, 9.17) is 29.0 Å². The molecule has 0 aliphatic carbocycles. The summed E-state index contributed by atoms with van der Waals surface area (Å²) in [6.45, 7) is 0. The highest BCUT2D eigenvalue weighted by Gasteiger charge is 2.14. The maximum absolute atomic E-state index is 6.19. The SMILES string of the molecule is NNC(Cc1c(Cl)cccc1Cl)c1ccc(I)cc1. The fourth-order valence-corrected chi connectivity index (χ4v) is 2.81. The van der Waals surface area contributed by atoms with Gasteiger partial charge in [-0.2, -0.15) is 0 Å². The van der Waals surface area contributed by atoms with Gasteiger partial charge in [-0.1, -0.05) is 41.4 Å². The summed E-state index contributed by atoms with van der Waals surface area (Å²) in [6, 6.07) is 13.7. The minimum absolute atomic E-state index is 0.0191. The van der Waals surface area contributed by atoms with E-state index in [0.29, 0.717) is 16.5 Å². The van der Waals surface area contributed by atoms with Crippen LogP contribution in [-0.2, 0) is 6.42 Å². The van der Waals surface area contributed by atoms with E-state index in [9.17, 15) is 0 Å². The lowest BCUT2D eigenvalue weighted by molar-refractivity contribution is 0.552. The van der Waals surface area contributed by atoms with Crippen LogP contribution in [0.3, 0.4) is 0 Å². The zero-order chi connectivity index (χ0) is 13.8. The molecule has 2 rings (SSSR count). The number of rotatable bonds is 4. The van der Waals surface area contributed by atoms with Crippen molar-refractivity contribution in [2.24, 2.45) is 5.84 Å². The van der Waals surface area contributed by atoms with E-state index in [1.165, 1.54) is 3.57 Å². The molecule has 0 fully saturated rings. The molecule has 5 heteroatoms. The summed E-state index contributed by atoms with van der Waals surface area (Å²) in [5.74, 6) is 5.65. The molecule has 0 radical (unpaired) electrons. The smallest absolute Gasteiger partial charge is 0.0501 e. The maximum atomic E-state index is 6.19. The molecule has 0 aliphatic heterocycles. The first-order chi connectivity index (χ1) is 9.11. The van der Waals surface area contributed by atoms with E-state index in [1.54, 1.807) is 0 Å². The fraction of sp³-hybridized carbons (Fsp3) is 0.143. The maximum Gasteiger partial charge on any atom is 0.0501 e. The zero-order valence-electron chi connectivity index (χ0n) is 10.0. The van der Waals surface area contributed by atoms with Gasteiger partial charge in [0.25, 0.3) is 0 Å². The first-order valence-corrected chi connectivity index (χ1v) is 7.59. The number of halogens is 3. The van der Waals surface area contributed by atoms with Crippen molar-refractivity contribution in [1.82, 2.24) is 5.43 Å². The molecule has 0 aliphatic rings. The van der Waals surface area contributed by atoms with Gasteiger partial charge in [0.1, 0.15) is 0 Å². The fourth-order valence-electron chi connectivity index (χ4n) is 1.90. The minimum atomic E-state index is -0.0191. The first kappa shape index (κ1) is 15.1. The van der Waals surface area contributed by atoms with Gasteiger partial charge in [-0.25, -0.2) is 0 Å². The Labute approximate surface area is 136 Å². The molecule has 1 atom stereocenters. The van der Waals surface area contributed by atoms with Crippen molar-refractivity contribution in [3.8, 4) is 0 Å². The van der Waals surface area contributed by atoms with Crippen molar-refractivity contribution < 1.29 is 0 Å². The lowest BCUT2D eigenvalue weighted by Gasteiger charge is -2.18. The lowest BCUT2D eigenvalue weighted by Crippen LogP contribution is -2.29. The number of hydrazine groups is 1. The molecule has 1 unspecified atom stereocenters. The van der Waals surface area contributed by atoms with Crippen molar-refractivity contribution in [2.75, 3.05) is 0 Å². The molecule has 0 heterocycles. The Hall–Kier alpha value is -0.330. The predicted molar refractivity (Wildman–Crippen MR) is 89.4 cm³/mol. The van der Waals surface area contributed by atoms with Crippen molar-refractivity contribution in [3.05, 3.63) is 67.2 Å². The molecule has 2 nitrogen and oxygen atoms in total. The van der Waals surface area contributed by atoms with E-state index in [1.807, 2.05) is 18.2 Å². The summed E-state index contributed by atoms with van der Waals surface area (Å²) in [7, 11) is 0. The Bertz CT molecular complexity index is 538. The van der Waals surface area contributed by atoms with Gasteiger partial charge in [0.2, 0.25) is 0 Å². The summed E-state index contributed by atoms with van der Waals surface area (Å²) in [4.78, 5) is 0. The number of nitrogens with two attached hydrogens (primary N) is 1. The van der Waals surface area contributed by atoms with E-state index >= 15 is 0 Å². The molecule has 2 aromatic rings. The number of hydrogen-bond donors (Lipinski definition) is 2. The van der Waals surface area contributed by atoms with E-state index < -0.39 is 0 Å². The summed E-state index contributed by atoms with van der Waals surface area (Å²) in [5.41, 5.74) is 4.84. The van der Waals surface area contributed by atoms with Crippen molar-refractivity contribution in [1.29, 1.82) is 0 Å². The molecule has 0 saturated carbocycles. The Morgan fingerprint density at radius 2 is 1.63 bits per heavy atom. The monoisotopic (exact) mass is 406 g/mol. The van der Waals surface area contributed by atoms with Gasteiger partial charge < -0.3 is 0 Å². The highest BCUT2D eigenvalue weighted by molar-refractivity contribution is 14.1. The van der Waals surface area contributed by atoms with E-state index in [0.717, 1.165) is 11.1 Å². The van der Waals surface area contributed by atoms with Gasteiger partial charge in [0.15, 0.2) is 0 Å². The average Bonchev–Trinajstić information content (AvgIpc) is 2.40. The summed E-state index contributed by atoms with van der Waals surface area (Å²) < 4.78 is 1.19. The van der Waals surface area contributed by atoms with E-state index in [2.05, 4.69) is 52.3 Å². The molecule has 0 aromatic heterocycles. The van der Waals surface area contributed by atoms with Gasteiger partial charge in [0, 0.05) is 13.6 Å². The average molecular weight is 407 g/mol. The molecule has 0 amide bonds. The topological polar surface area (TPSA) is 38.0 Å². The van der Waals surface area contributed by atoms with Crippen LogP contribution >= 0.6 is 45.8 Å². The summed E-state index contributed by atoms with van der Waals surface area (Å²) in [5, 5.41) is 1.33. The molecular weight excluding hydrogens is 394 g/mol. The van der Waals surface area contributed by atoms with Crippen LogP contribution in [0.5, 0.6) is 0 Å². The van der Waals surface area contributed by atoms with Gasteiger partial charge in [-0.15, -0.1) is 0 Å². The Morgan fingerprint density at radius 1 is 1.05 bits per heavy atom. The molecule has 100 valence electrons. The minimum Gasteiger partial charge on any atom is -0.271 e. The number of benzene rings is 2. The van der Waals surface area contributed by atoms with Crippen molar-refractivity contribution in [2.45, 2.75) is 12.5 Å². The number of hydrogen-bond acceptors (Lipinski definition) is 2. The third-order valence-electron chi connectivity index (χ3n) is 2.94. The van der Waals surface area contributed by atoms with Crippen LogP contribution in [0.25, 0.3) is 0 Å². The van der Waals surface area contributed by atoms with Crippen LogP contribution in [0.4, 0.5) is 0 Å². The molecule has 2 aromatic carbocycles. The zero-order valence-corrected chi connectivity index (χ0v) is 13.7. The second-order valence-corrected chi connectivity index (χ2v) is 6.24. The lowest BCUT2D eigenvalue weighted by atomic mass is 9.99. The standard InChI is InChI=1S/C14H13Cl2IN2/c15-12-2-1-3-13(16)11(12)8-14(19-18)9-4-6-10(17)7-5-9/h1-7,14,19H,8,18H2. The van der Waals surface area contributed by atoms with Crippen LogP contribution in [0.2, 0.25) is 10.0 Å². The molecule has 0 bridgehead atoms. The Kier molecular flexibility index (Phi) is 5.47. The Morgan fingerprint density at radius 3 is 2.16 bits per heavy atom. The summed E-state index contributed by atoms with van der Waals surface area (Å²) >= 11 is 14.7. The molecule has 3 N–H and O–H groups in total. The van der Waals surface area contributed by atoms with Crippen LogP contribution < -0.4 is 11.3 Å². The summed E-state index contributed by atoms with van der Waals surface area (Å²) in [6.07, 6.45) is 0.648. The molecule has 19 heavy (non-hydrogen) atoms. The van der Waals surface area contributed by atoms with Crippen LogP contribution in [-0.4, -0.2) is 0 Å². The predicted octanol–water partition coefficient (Wildman–Crippen LogP) is 4.35. The normalized spacial score (nSPS) is 12.4. The van der Waals surface area contributed by atoms with Gasteiger partial charge in [-0.3, -0.25) is 11.3 Å². The van der Waals surface area contributed by atoms with Crippen molar-refractivity contribution in [3.63, 3.8) is 0 Å². The van der Waals surface area contributed by atoms with Gasteiger partial charge >= 0.3 is 0 Å². The first-order valence-electron chi connectivity index (χ1n) is 5.76. The second kappa shape index (κ2) is 6.90. The van der Waals surface area contributed by atoms with Gasteiger partial charge in [0.05, 0.1) is 6.04 Å². The second-order valence-electron chi connectivity index (χ2n) is 4.18. The molecule has 0 spiro atoms. The molecule has 0 saturated heterocycles. The third kappa shape index (κ3) is 3.83. The highest BCUT2D eigenvalue weighted by Crippen LogP contribution is 2.29. The van der Waals surface area contributed by atoms with E-state index in [-0.39, 0.29) is 6.04 Å². The molecular formula is C14H13Cl2IN2. The van der Waals surface area contributed by atoms with Crippen LogP contribution in [0.1, 0.15) is 17.2 Å². The highest BCUT2D eigenvalue weighted by atomic mass is 127. The van der Waals surface area contributed by atoms with Crippen LogP contribution in [0.15, 0.2) is 42.5 Å². The van der Waals surface area contributed by atoms with Crippen LogP contribution in [0, 0.1) is 3.57 Å². The Balaban J connectivity index is 2.26.